The van der Waals surface area contributed by atoms with Crippen LogP contribution in [0.4, 0.5) is 25.0 Å². The summed E-state index contributed by atoms with van der Waals surface area (Å²) < 4.78 is 32.4. The van der Waals surface area contributed by atoms with Crippen LogP contribution in [-0.4, -0.2) is 60.9 Å². The Balaban J connectivity index is 1.66. The van der Waals surface area contributed by atoms with Gasteiger partial charge in [-0.15, -0.1) is 0 Å². The number of nitrogens with zero attached hydrogens (tertiary/aromatic N) is 2. The van der Waals surface area contributed by atoms with Crippen LogP contribution in [0.2, 0.25) is 0 Å². The lowest BCUT2D eigenvalue weighted by Gasteiger charge is -2.58. The quantitative estimate of drug-likeness (QED) is 0.800. The fraction of sp³-hybridized carbons (Fsp3) is 0.333. The van der Waals surface area contributed by atoms with Crippen LogP contribution in [0.25, 0.3) is 0 Å². The van der Waals surface area contributed by atoms with Crippen molar-refractivity contribution in [1.29, 1.82) is 0 Å². The molecule has 2 heterocycles. The van der Waals surface area contributed by atoms with E-state index in [0.717, 1.165) is 23.8 Å². The lowest BCUT2D eigenvalue weighted by Crippen LogP contribution is -2.71. The Kier molecular flexibility index (Phi) is 5.40. The normalized spacial score (nSPS) is 22.1. The molecule has 2 aromatic carbocycles. The number of halogens is 2. The molecule has 0 bridgehead atoms. The van der Waals surface area contributed by atoms with E-state index in [1.807, 2.05) is 12.1 Å². The molecule has 1 saturated heterocycles. The van der Waals surface area contributed by atoms with Crippen LogP contribution >= 0.6 is 0 Å². The van der Waals surface area contributed by atoms with E-state index in [1.165, 1.54) is 16.9 Å². The molecule has 2 aromatic rings. The lowest BCUT2D eigenvalue weighted by atomic mass is 9.72. The largest absolute Gasteiger partial charge is 0.394 e. The van der Waals surface area contributed by atoms with Gasteiger partial charge in [0.05, 0.1) is 24.4 Å². The molecule has 3 amide bonds. The van der Waals surface area contributed by atoms with Gasteiger partial charge in [0.25, 0.3) is 0 Å². The fourth-order valence-electron chi connectivity index (χ4n) is 4.40. The molecule has 0 spiro atoms. The molecule has 2 aliphatic heterocycles. The number of amides is 3. The number of anilines is 2. The highest BCUT2D eigenvalue weighted by molar-refractivity contribution is 6.03. The monoisotopic (exact) mass is 417 g/mol. The number of aliphatic hydroxyl groups excluding tert-OH is 1. The van der Waals surface area contributed by atoms with Gasteiger partial charge in [-0.1, -0.05) is 18.2 Å². The highest BCUT2D eigenvalue weighted by Crippen LogP contribution is 2.48. The van der Waals surface area contributed by atoms with E-state index in [1.54, 1.807) is 12.1 Å². The number of hydrogen-bond acceptors (Lipinski definition) is 4. The summed E-state index contributed by atoms with van der Waals surface area (Å²) >= 11 is 0. The number of methoxy groups -OCH3 is 1. The summed E-state index contributed by atoms with van der Waals surface area (Å²) in [6, 6.07) is 8.58. The molecule has 1 fully saturated rings. The molecule has 3 atom stereocenters. The van der Waals surface area contributed by atoms with Crippen molar-refractivity contribution in [3.8, 4) is 0 Å². The zero-order valence-electron chi connectivity index (χ0n) is 16.2. The third kappa shape index (κ3) is 3.29. The van der Waals surface area contributed by atoms with Gasteiger partial charge in [-0.2, -0.15) is 0 Å². The molecule has 2 N–H and O–H groups in total. The summed E-state index contributed by atoms with van der Waals surface area (Å²) in [5.41, 5.74) is 1.14. The molecule has 0 unspecified atom stereocenters. The maximum absolute atomic E-state index is 14.0. The summed E-state index contributed by atoms with van der Waals surface area (Å²) in [6.45, 7) is -0.204. The van der Waals surface area contributed by atoms with Gasteiger partial charge in [0.2, 0.25) is 5.91 Å². The summed E-state index contributed by atoms with van der Waals surface area (Å²) in [5.74, 6) is -1.85. The molecule has 4 rings (SSSR count). The number of fused-ring (bicyclic) bond motifs is 3. The molecular weight excluding hydrogens is 396 g/mol. The van der Waals surface area contributed by atoms with Crippen LogP contribution in [-0.2, 0) is 9.53 Å². The third-order valence-corrected chi connectivity index (χ3v) is 5.66. The van der Waals surface area contributed by atoms with Gasteiger partial charge >= 0.3 is 6.03 Å². The first-order valence-corrected chi connectivity index (χ1v) is 9.49. The Morgan fingerprint density at radius 1 is 1.23 bits per heavy atom. The number of urea groups is 1. The zero-order chi connectivity index (χ0) is 21.4. The Labute approximate surface area is 171 Å². The van der Waals surface area contributed by atoms with Crippen LogP contribution < -0.4 is 10.2 Å². The van der Waals surface area contributed by atoms with Crippen molar-refractivity contribution in [1.82, 2.24) is 4.90 Å². The number of carbonyl (C=O) groups excluding carboxylic acids is 2. The van der Waals surface area contributed by atoms with Crippen LogP contribution in [0, 0.1) is 11.6 Å². The maximum Gasteiger partial charge on any atom is 0.326 e. The van der Waals surface area contributed by atoms with Gasteiger partial charge in [-0.25, -0.2) is 13.6 Å². The fourth-order valence-corrected chi connectivity index (χ4v) is 4.40. The minimum absolute atomic E-state index is 0.137. The molecule has 0 aromatic heterocycles. The first-order chi connectivity index (χ1) is 14.5. The second-order valence-corrected chi connectivity index (χ2v) is 7.30. The first kappa shape index (κ1) is 20.2. The highest BCUT2D eigenvalue weighted by atomic mass is 19.1. The summed E-state index contributed by atoms with van der Waals surface area (Å²) in [6.07, 6.45) is 0. The topological polar surface area (TPSA) is 82.1 Å². The Morgan fingerprint density at radius 2 is 2.00 bits per heavy atom. The van der Waals surface area contributed by atoms with Crippen molar-refractivity contribution in [2.45, 2.75) is 18.0 Å². The summed E-state index contributed by atoms with van der Waals surface area (Å²) in [7, 11) is 1.41. The van der Waals surface area contributed by atoms with Gasteiger partial charge in [0.15, 0.2) is 0 Å². The number of carbonyl (C=O) groups is 2. The zero-order valence-corrected chi connectivity index (χ0v) is 16.2. The van der Waals surface area contributed by atoms with Gasteiger partial charge in [-0.3, -0.25) is 9.69 Å². The van der Waals surface area contributed by atoms with Crippen molar-refractivity contribution in [2.75, 3.05) is 37.1 Å². The van der Waals surface area contributed by atoms with Crippen LogP contribution in [0.15, 0.2) is 42.5 Å². The molecule has 7 nitrogen and oxygen atoms in total. The van der Waals surface area contributed by atoms with E-state index in [-0.39, 0.29) is 43.3 Å². The SMILES string of the molecule is COCC(=O)N1[C@H](CO)[C@@H]2c3ccccc3N(C(=O)Nc3cc(F)ccc3F)C[C@@H]21. The van der Waals surface area contributed by atoms with Crippen molar-refractivity contribution >= 4 is 23.3 Å². The highest BCUT2D eigenvalue weighted by Gasteiger charge is 2.55. The maximum atomic E-state index is 14.0. The van der Waals surface area contributed by atoms with Gasteiger partial charge < -0.3 is 20.1 Å². The van der Waals surface area contributed by atoms with Crippen molar-refractivity contribution < 1.29 is 28.2 Å². The Morgan fingerprint density at radius 3 is 2.73 bits per heavy atom. The number of para-hydroxylation sites is 1. The number of benzene rings is 2. The number of likely N-dealkylation sites (tertiary alicyclic amines) is 1. The van der Waals surface area contributed by atoms with Gasteiger partial charge in [-0.05, 0) is 23.8 Å². The predicted molar refractivity (Wildman–Crippen MR) is 105 cm³/mol. The second-order valence-electron chi connectivity index (χ2n) is 7.30. The van der Waals surface area contributed by atoms with Crippen LogP contribution in [0.3, 0.4) is 0 Å². The van der Waals surface area contributed by atoms with Crippen LogP contribution in [0.1, 0.15) is 11.5 Å². The average Bonchev–Trinajstić information content (AvgIpc) is 2.71. The Bertz CT molecular complexity index is 986. The van der Waals surface area contributed by atoms with Crippen molar-refractivity contribution in [2.24, 2.45) is 0 Å². The lowest BCUT2D eigenvalue weighted by molar-refractivity contribution is -0.154. The minimum Gasteiger partial charge on any atom is -0.394 e. The molecular formula is C21H21F2N3O4. The molecule has 0 aliphatic carbocycles. The minimum atomic E-state index is -0.756. The van der Waals surface area contributed by atoms with E-state index in [0.29, 0.717) is 5.69 Å². The Hall–Kier alpha value is -3.04. The van der Waals surface area contributed by atoms with E-state index in [4.69, 9.17) is 4.74 Å². The molecule has 9 heteroatoms. The molecule has 2 aliphatic rings. The van der Waals surface area contributed by atoms with Gasteiger partial charge in [0, 0.05) is 31.3 Å². The molecule has 158 valence electrons. The standard InChI is InChI=1S/C21H21F2N3O4/c1-30-11-19(28)26-17-9-25(21(29)24-15-8-12(22)6-7-14(15)23)16-5-3-2-4-13(16)20(17)18(26)10-27/h2-8,17-18,20,27H,9-11H2,1H3,(H,24,29)/t17-,18+,20+/m0/s1. The summed E-state index contributed by atoms with van der Waals surface area (Å²) in [5, 5.41) is 12.3. The van der Waals surface area contributed by atoms with E-state index < -0.39 is 23.7 Å². The van der Waals surface area contributed by atoms with Crippen LogP contribution in [0.5, 0.6) is 0 Å². The van der Waals surface area contributed by atoms with E-state index >= 15 is 0 Å². The molecule has 30 heavy (non-hydrogen) atoms. The van der Waals surface area contributed by atoms with Crippen molar-refractivity contribution in [3.05, 3.63) is 59.7 Å². The number of rotatable bonds is 4. The second kappa shape index (κ2) is 8.00. The first-order valence-electron chi connectivity index (χ1n) is 9.49. The number of nitrogens with one attached hydrogen (secondary N) is 1. The smallest absolute Gasteiger partial charge is 0.326 e. The van der Waals surface area contributed by atoms with E-state index in [9.17, 15) is 23.5 Å². The number of aliphatic hydroxyl groups is 1. The molecule has 0 radical (unpaired) electrons. The third-order valence-electron chi connectivity index (χ3n) is 5.66. The molecule has 0 saturated carbocycles. The number of hydrogen-bond donors (Lipinski definition) is 2. The van der Waals surface area contributed by atoms with Gasteiger partial charge in [0.1, 0.15) is 18.2 Å². The predicted octanol–water partition coefficient (Wildman–Crippen LogP) is 2.32. The number of ether oxygens (including phenoxy) is 1. The van der Waals surface area contributed by atoms with E-state index in [2.05, 4.69) is 5.32 Å². The van der Waals surface area contributed by atoms with Crippen molar-refractivity contribution in [3.63, 3.8) is 0 Å². The average molecular weight is 417 g/mol. The summed E-state index contributed by atoms with van der Waals surface area (Å²) in [4.78, 5) is 28.4.